The number of nitrogens with zero attached hydrogens (tertiary/aromatic N) is 2. The van der Waals surface area contributed by atoms with Gasteiger partial charge in [-0.3, -0.25) is 9.89 Å². The molecule has 16 heavy (non-hydrogen) atoms. The lowest BCUT2D eigenvalue weighted by Crippen LogP contribution is -2.40. The van der Waals surface area contributed by atoms with Crippen LogP contribution in [-0.4, -0.2) is 45.3 Å². The van der Waals surface area contributed by atoms with Gasteiger partial charge in [-0.25, -0.2) is 0 Å². The molecule has 2 N–H and O–H groups in total. The zero-order valence-corrected chi connectivity index (χ0v) is 9.44. The zero-order chi connectivity index (χ0) is 11.5. The summed E-state index contributed by atoms with van der Waals surface area (Å²) >= 11 is 0. The Kier molecular flexibility index (Phi) is 3.24. The topological polar surface area (TPSA) is 69.2 Å². The van der Waals surface area contributed by atoms with Crippen LogP contribution in [0.5, 0.6) is 0 Å². The molecule has 0 aliphatic carbocycles. The number of aromatic nitrogens is 2. The van der Waals surface area contributed by atoms with Crippen molar-refractivity contribution in [3.8, 4) is 0 Å². The largest absolute Gasteiger partial charge is 0.393 e. The van der Waals surface area contributed by atoms with Crippen LogP contribution in [0.4, 0.5) is 0 Å². The third-order valence-electron chi connectivity index (χ3n) is 2.91. The molecule has 0 radical (unpaired) electrons. The average Bonchev–Trinajstić information content (AvgIpc) is 2.65. The molecule has 1 aliphatic rings. The van der Waals surface area contributed by atoms with Crippen molar-refractivity contribution in [1.29, 1.82) is 0 Å². The molecule has 2 heterocycles. The molecule has 0 atom stereocenters. The number of carbonyl (C=O) groups excluding carboxylic acids is 1. The zero-order valence-electron chi connectivity index (χ0n) is 9.44. The number of likely N-dealkylation sites (tertiary alicyclic amines) is 1. The molecule has 0 saturated carbocycles. The molecule has 1 fully saturated rings. The summed E-state index contributed by atoms with van der Waals surface area (Å²) in [6.45, 7) is 3.23. The van der Waals surface area contributed by atoms with Crippen molar-refractivity contribution in [2.45, 2.75) is 32.3 Å². The van der Waals surface area contributed by atoms with Gasteiger partial charge in [-0.2, -0.15) is 5.10 Å². The van der Waals surface area contributed by atoms with Crippen molar-refractivity contribution in [1.82, 2.24) is 15.1 Å². The van der Waals surface area contributed by atoms with Crippen LogP contribution >= 0.6 is 0 Å². The molecule has 1 aromatic heterocycles. The average molecular weight is 223 g/mol. The lowest BCUT2D eigenvalue weighted by molar-refractivity contribution is -0.132. The van der Waals surface area contributed by atoms with Crippen molar-refractivity contribution < 1.29 is 9.90 Å². The van der Waals surface area contributed by atoms with E-state index in [2.05, 4.69) is 10.2 Å². The summed E-state index contributed by atoms with van der Waals surface area (Å²) in [7, 11) is 0. The van der Waals surface area contributed by atoms with E-state index < -0.39 is 0 Å². The molecule has 88 valence electrons. The predicted molar refractivity (Wildman–Crippen MR) is 58.8 cm³/mol. The molecular formula is C11H17N3O2. The maximum absolute atomic E-state index is 11.9. The Bertz CT molecular complexity index is 367. The van der Waals surface area contributed by atoms with E-state index in [0.717, 1.165) is 11.4 Å². The van der Waals surface area contributed by atoms with Crippen LogP contribution in [0, 0.1) is 6.92 Å². The number of piperidine rings is 1. The molecule has 5 nitrogen and oxygen atoms in total. The van der Waals surface area contributed by atoms with E-state index in [-0.39, 0.29) is 12.0 Å². The Morgan fingerprint density at radius 1 is 1.62 bits per heavy atom. The molecule has 1 amide bonds. The van der Waals surface area contributed by atoms with E-state index in [1.807, 2.05) is 13.0 Å². The summed E-state index contributed by atoms with van der Waals surface area (Å²) in [5, 5.41) is 16.2. The number of carbonyl (C=O) groups is 1. The molecule has 0 spiro atoms. The summed E-state index contributed by atoms with van der Waals surface area (Å²) in [5.41, 5.74) is 1.76. The smallest absolute Gasteiger partial charge is 0.228 e. The Hall–Kier alpha value is -1.36. The molecule has 0 bridgehead atoms. The molecule has 1 aliphatic heterocycles. The number of aromatic amines is 1. The standard InChI is InChI=1S/C11H17N3O2/c1-8-6-9(13-12-8)7-11(16)14-4-2-10(15)3-5-14/h6,10,15H,2-5,7H2,1H3,(H,12,13). The predicted octanol–water partition coefficient (Wildman–Crippen LogP) is 0.244. The number of aryl methyl sites for hydroxylation is 1. The quantitative estimate of drug-likeness (QED) is 0.754. The minimum Gasteiger partial charge on any atom is -0.393 e. The molecule has 2 rings (SSSR count). The maximum atomic E-state index is 11.9. The Labute approximate surface area is 94.5 Å². The number of H-pyrrole nitrogens is 1. The van der Waals surface area contributed by atoms with Gasteiger partial charge in [0.1, 0.15) is 0 Å². The van der Waals surface area contributed by atoms with Gasteiger partial charge in [0.25, 0.3) is 0 Å². The highest BCUT2D eigenvalue weighted by Crippen LogP contribution is 2.11. The first-order valence-electron chi connectivity index (χ1n) is 5.62. The second-order valence-electron chi connectivity index (χ2n) is 4.33. The highest BCUT2D eigenvalue weighted by atomic mass is 16.3. The highest BCUT2D eigenvalue weighted by molar-refractivity contribution is 5.78. The van der Waals surface area contributed by atoms with Crippen LogP contribution in [0.2, 0.25) is 0 Å². The van der Waals surface area contributed by atoms with Gasteiger partial charge in [-0.1, -0.05) is 0 Å². The van der Waals surface area contributed by atoms with Crippen molar-refractivity contribution in [3.63, 3.8) is 0 Å². The van der Waals surface area contributed by atoms with E-state index in [1.165, 1.54) is 0 Å². The third kappa shape index (κ3) is 2.61. The van der Waals surface area contributed by atoms with Gasteiger partial charge < -0.3 is 10.0 Å². The summed E-state index contributed by atoms with van der Waals surface area (Å²) in [6.07, 6.45) is 1.48. The molecule has 1 aromatic rings. The van der Waals surface area contributed by atoms with Gasteiger partial charge in [0, 0.05) is 18.8 Å². The van der Waals surface area contributed by atoms with E-state index in [4.69, 9.17) is 0 Å². The fourth-order valence-corrected chi connectivity index (χ4v) is 1.95. The number of rotatable bonds is 2. The molecule has 5 heteroatoms. The first-order chi connectivity index (χ1) is 7.65. The first kappa shape index (κ1) is 11.1. The molecule has 0 unspecified atom stereocenters. The maximum Gasteiger partial charge on any atom is 0.228 e. The van der Waals surface area contributed by atoms with Crippen LogP contribution in [-0.2, 0) is 11.2 Å². The van der Waals surface area contributed by atoms with Crippen molar-refractivity contribution in [2.24, 2.45) is 0 Å². The van der Waals surface area contributed by atoms with E-state index in [0.29, 0.717) is 32.4 Å². The fourth-order valence-electron chi connectivity index (χ4n) is 1.95. The molecular weight excluding hydrogens is 206 g/mol. The summed E-state index contributed by atoms with van der Waals surface area (Å²) < 4.78 is 0. The third-order valence-corrected chi connectivity index (χ3v) is 2.91. The van der Waals surface area contributed by atoms with E-state index in [9.17, 15) is 9.90 Å². The van der Waals surface area contributed by atoms with Crippen LogP contribution < -0.4 is 0 Å². The normalized spacial score (nSPS) is 17.8. The second-order valence-corrected chi connectivity index (χ2v) is 4.33. The van der Waals surface area contributed by atoms with Gasteiger partial charge in [-0.15, -0.1) is 0 Å². The lowest BCUT2D eigenvalue weighted by Gasteiger charge is -2.29. The Morgan fingerprint density at radius 2 is 2.31 bits per heavy atom. The van der Waals surface area contributed by atoms with Crippen LogP contribution in [0.3, 0.4) is 0 Å². The summed E-state index contributed by atoms with van der Waals surface area (Å²) in [6, 6.07) is 1.89. The summed E-state index contributed by atoms with van der Waals surface area (Å²) in [4.78, 5) is 13.7. The van der Waals surface area contributed by atoms with E-state index >= 15 is 0 Å². The second kappa shape index (κ2) is 4.65. The van der Waals surface area contributed by atoms with Crippen molar-refractivity contribution >= 4 is 5.91 Å². The number of nitrogens with one attached hydrogen (secondary N) is 1. The van der Waals surface area contributed by atoms with Crippen LogP contribution in [0.1, 0.15) is 24.2 Å². The summed E-state index contributed by atoms with van der Waals surface area (Å²) in [5.74, 6) is 0.0957. The number of amides is 1. The Balaban J connectivity index is 1.88. The van der Waals surface area contributed by atoms with Gasteiger partial charge in [0.15, 0.2) is 0 Å². The van der Waals surface area contributed by atoms with Gasteiger partial charge >= 0.3 is 0 Å². The molecule has 0 aromatic carbocycles. The highest BCUT2D eigenvalue weighted by Gasteiger charge is 2.21. The van der Waals surface area contributed by atoms with E-state index in [1.54, 1.807) is 4.90 Å². The van der Waals surface area contributed by atoms with Crippen LogP contribution in [0.25, 0.3) is 0 Å². The lowest BCUT2D eigenvalue weighted by atomic mass is 10.1. The van der Waals surface area contributed by atoms with Gasteiger partial charge in [-0.05, 0) is 25.8 Å². The number of hydrogen-bond acceptors (Lipinski definition) is 3. The van der Waals surface area contributed by atoms with Crippen molar-refractivity contribution in [2.75, 3.05) is 13.1 Å². The van der Waals surface area contributed by atoms with Gasteiger partial charge in [0.2, 0.25) is 5.91 Å². The number of aliphatic hydroxyl groups is 1. The minimum absolute atomic E-state index is 0.0957. The molecule has 1 saturated heterocycles. The first-order valence-corrected chi connectivity index (χ1v) is 5.62. The van der Waals surface area contributed by atoms with Crippen molar-refractivity contribution in [3.05, 3.63) is 17.5 Å². The Morgan fingerprint density at radius 3 is 2.88 bits per heavy atom. The SMILES string of the molecule is Cc1cc(CC(=O)N2CCC(O)CC2)n[nH]1. The number of aliphatic hydroxyl groups excluding tert-OH is 1. The van der Waals surface area contributed by atoms with Crippen LogP contribution in [0.15, 0.2) is 6.07 Å². The minimum atomic E-state index is -0.239. The van der Waals surface area contributed by atoms with Gasteiger partial charge in [0.05, 0.1) is 18.2 Å². The fraction of sp³-hybridized carbons (Fsp3) is 0.636. The number of hydrogen-bond donors (Lipinski definition) is 2. The monoisotopic (exact) mass is 223 g/mol.